The lowest BCUT2D eigenvalue weighted by atomic mass is 9.85. The summed E-state index contributed by atoms with van der Waals surface area (Å²) in [6, 6.07) is 9.66. The van der Waals surface area contributed by atoms with E-state index in [0.717, 1.165) is 5.69 Å². The molecule has 0 aliphatic carbocycles. The molecule has 10 heteroatoms. The van der Waals surface area contributed by atoms with E-state index < -0.39 is 5.54 Å². The number of methoxy groups -OCH3 is 1. The van der Waals surface area contributed by atoms with E-state index in [0.29, 0.717) is 45.8 Å². The Morgan fingerprint density at radius 1 is 1.09 bits per heavy atom. The Labute approximate surface area is 200 Å². The molecule has 2 aliphatic rings. The fourth-order valence-corrected chi connectivity index (χ4v) is 4.57. The Bertz CT molecular complexity index is 869. The largest absolute Gasteiger partial charge is 0.466 e. The van der Waals surface area contributed by atoms with Gasteiger partial charge in [-0.05, 0) is 31.9 Å². The maximum Gasteiger partial charge on any atom is 0.306 e. The second-order valence-electron chi connectivity index (χ2n) is 8.47. The van der Waals surface area contributed by atoms with Crippen LogP contribution in [0.25, 0.3) is 0 Å². The van der Waals surface area contributed by atoms with E-state index in [9.17, 15) is 19.2 Å². The number of hydrogen-bond donors (Lipinski definition) is 1. The molecule has 2 heterocycles. The zero-order chi connectivity index (χ0) is 24.6. The van der Waals surface area contributed by atoms with E-state index in [1.54, 1.807) is 23.8 Å². The van der Waals surface area contributed by atoms with Crippen molar-refractivity contribution in [3.05, 3.63) is 30.3 Å². The summed E-state index contributed by atoms with van der Waals surface area (Å²) in [6.45, 7) is 3.89. The number of ether oxygens (including phenoxy) is 2. The number of nitrogens with zero attached hydrogens (tertiary/aromatic N) is 3. The fraction of sp³-hybridized carbons (Fsp3) is 0.583. The summed E-state index contributed by atoms with van der Waals surface area (Å²) in [7, 11) is 1.56. The average Bonchev–Trinajstić information content (AvgIpc) is 3.10. The van der Waals surface area contributed by atoms with Gasteiger partial charge in [0.05, 0.1) is 26.3 Å². The van der Waals surface area contributed by atoms with Crippen LogP contribution in [0.5, 0.6) is 0 Å². The molecule has 0 unspecified atom stereocenters. The highest BCUT2D eigenvalue weighted by Gasteiger charge is 2.54. The van der Waals surface area contributed by atoms with Crippen molar-refractivity contribution in [3.8, 4) is 0 Å². The molecule has 1 aromatic rings. The van der Waals surface area contributed by atoms with Gasteiger partial charge in [-0.2, -0.15) is 0 Å². The molecule has 3 rings (SSSR count). The van der Waals surface area contributed by atoms with Gasteiger partial charge in [-0.1, -0.05) is 18.2 Å². The zero-order valence-corrected chi connectivity index (χ0v) is 20.0. The van der Waals surface area contributed by atoms with Crippen LogP contribution in [0.4, 0.5) is 5.69 Å². The van der Waals surface area contributed by atoms with Gasteiger partial charge in [0, 0.05) is 38.9 Å². The van der Waals surface area contributed by atoms with E-state index in [1.165, 1.54) is 0 Å². The number of esters is 1. The van der Waals surface area contributed by atoms with Crippen LogP contribution >= 0.6 is 0 Å². The highest BCUT2D eigenvalue weighted by atomic mass is 16.5. The SMILES string of the molecule is CCOC(=O)CCC(=O)N1CCC2(CC1)C(=O)N(CC(=O)NCCOC)CN2c1ccccc1. The summed E-state index contributed by atoms with van der Waals surface area (Å²) in [4.78, 5) is 55.5. The number of carbonyl (C=O) groups excluding carboxylic acids is 4. The van der Waals surface area contributed by atoms with E-state index in [1.807, 2.05) is 30.3 Å². The average molecular weight is 475 g/mol. The zero-order valence-electron chi connectivity index (χ0n) is 20.0. The summed E-state index contributed by atoms with van der Waals surface area (Å²) in [6.07, 6.45) is 1.05. The molecule has 0 saturated carbocycles. The maximum absolute atomic E-state index is 13.6. The molecule has 0 bridgehead atoms. The molecular formula is C24H34N4O6. The van der Waals surface area contributed by atoms with Crippen molar-refractivity contribution in [1.82, 2.24) is 15.1 Å². The molecule has 3 amide bonds. The maximum atomic E-state index is 13.6. The minimum Gasteiger partial charge on any atom is -0.466 e. The number of nitrogens with one attached hydrogen (secondary N) is 1. The van der Waals surface area contributed by atoms with Crippen LogP contribution in [0.3, 0.4) is 0 Å². The third kappa shape index (κ3) is 5.85. The monoisotopic (exact) mass is 474 g/mol. The molecule has 186 valence electrons. The topological polar surface area (TPSA) is 108 Å². The Morgan fingerprint density at radius 2 is 1.79 bits per heavy atom. The first-order valence-corrected chi connectivity index (χ1v) is 11.7. The molecule has 1 N–H and O–H groups in total. The van der Waals surface area contributed by atoms with Crippen LogP contribution in [-0.2, 0) is 28.7 Å². The lowest BCUT2D eigenvalue weighted by Crippen LogP contribution is -2.57. The molecule has 1 aromatic carbocycles. The van der Waals surface area contributed by atoms with E-state index >= 15 is 0 Å². The standard InChI is InChI=1S/C24H34N4O6/c1-3-34-22(31)10-9-21(30)26-14-11-24(12-15-26)23(32)27(17-20(29)25-13-16-33-2)18-28(24)19-7-5-4-6-8-19/h4-8H,3,9-18H2,1-2H3,(H,25,29). The summed E-state index contributed by atoms with van der Waals surface area (Å²) >= 11 is 0. The van der Waals surface area contributed by atoms with Crippen molar-refractivity contribution >= 4 is 29.4 Å². The predicted octanol–water partition coefficient (Wildman–Crippen LogP) is 0.760. The van der Waals surface area contributed by atoms with Crippen LogP contribution in [-0.4, -0.2) is 92.2 Å². The summed E-state index contributed by atoms with van der Waals surface area (Å²) < 4.78 is 9.86. The lowest BCUT2D eigenvalue weighted by Gasteiger charge is -2.43. The highest BCUT2D eigenvalue weighted by molar-refractivity contribution is 5.96. The Morgan fingerprint density at radius 3 is 2.44 bits per heavy atom. The predicted molar refractivity (Wildman–Crippen MR) is 125 cm³/mol. The number of amides is 3. The third-order valence-electron chi connectivity index (χ3n) is 6.34. The number of carbonyl (C=O) groups is 4. The van der Waals surface area contributed by atoms with Crippen molar-refractivity contribution in [3.63, 3.8) is 0 Å². The first-order chi connectivity index (χ1) is 16.4. The molecule has 34 heavy (non-hydrogen) atoms. The number of para-hydroxylation sites is 1. The Kier molecular flexibility index (Phi) is 8.86. The summed E-state index contributed by atoms with van der Waals surface area (Å²) in [5, 5.41) is 2.76. The van der Waals surface area contributed by atoms with Gasteiger partial charge in [0.25, 0.3) is 5.91 Å². The summed E-state index contributed by atoms with van der Waals surface area (Å²) in [5.41, 5.74) is 0.0896. The number of benzene rings is 1. The van der Waals surface area contributed by atoms with Crippen molar-refractivity contribution in [2.45, 2.75) is 38.1 Å². The first kappa shape index (κ1) is 25.5. The molecule has 2 aliphatic heterocycles. The number of piperidine rings is 1. The van der Waals surface area contributed by atoms with Crippen LogP contribution < -0.4 is 10.2 Å². The van der Waals surface area contributed by atoms with Gasteiger partial charge in [0.15, 0.2) is 0 Å². The van der Waals surface area contributed by atoms with Crippen molar-refractivity contribution in [1.29, 1.82) is 0 Å². The molecule has 2 fully saturated rings. The van der Waals surface area contributed by atoms with Gasteiger partial charge in [0.2, 0.25) is 11.8 Å². The molecule has 0 radical (unpaired) electrons. The molecule has 1 spiro atoms. The van der Waals surface area contributed by atoms with Crippen LogP contribution in [0.1, 0.15) is 32.6 Å². The minimum absolute atomic E-state index is 0.0319. The van der Waals surface area contributed by atoms with E-state index in [4.69, 9.17) is 9.47 Å². The van der Waals surface area contributed by atoms with Gasteiger partial charge in [-0.3, -0.25) is 19.2 Å². The Hall–Kier alpha value is -3.14. The van der Waals surface area contributed by atoms with Crippen LogP contribution in [0, 0.1) is 0 Å². The van der Waals surface area contributed by atoms with Gasteiger partial charge >= 0.3 is 5.97 Å². The molecule has 10 nitrogen and oxygen atoms in total. The van der Waals surface area contributed by atoms with Gasteiger partial charge < -0.3 is 29.5 Å². The van der Waals surface area contributed by atoms with Crippen LogP contribution in [0.2, 0.25) is 0 Å². The Balaban J connectivity index is 1.69. The number of rotatable bonds is 10. The van der Waals surface area contributed by atoms with Crippen molar-refractivity contribution in [2.75, 3.05) is 58.1 Å². The number of hydrogen-bond acceptors (Lipinski definition) is 7. The second-order valence-corrected chi connectivity index (χ2v) is 8.47. The smallest absolute Gasteiger partial charge is 0.306 e. The van der Waals surface area contributed by atoms with Gasteiger partial charge in [0.1, 0.15) is 12.1 Å². The van der Waals surface area contributed by atoms with Crippen molar-refractivity contribution < 1.29 is 28.7 Å². The molecular weight excluding hydrogens is 440 g/mol. The van der Waals surface area contributed by atoms with Gasteiger partial charge in [-0.25, -0.2) is 0 Å². The lowest BCUT2D eigenvalue weighted by molar-refractivity contribution is -0.146. The minimum atomic E-state index is -0.813. The molecule has 2 saturated heterocycles. The molecule has 0 aromatic heterocycles. The normalized spacial score (nSPS) is 17.2. The fourth-order valence-electron chi connectivity index (χ4n) is 4.57. The number of likely N-dealkylation sites (tertiary alicyclic amines) is 1. The van der Waals surface area contributed by atoms with Gasteiger partial charge in [-0.15, -0.1) is 0 Å². The van der Waals surface area contributed by atoms with E-state index in [-0.39, 0.29) is 49.7 Å². The quantitative estimate of drug-likeness (QED) is 0.394. The molecule has 0 atom stereocenters. The first-order valence-electron chi connectivity index (χ1n) is 11.7. The third-order valence-corrected chi connectivity index (χ3v) is 6.34. The van der Waals surface area contributed by atoms with Crippen LogP contribution in [0.15, 0.2) is 30.3 Å². The number of anilines is 1. The second kappa shape index (κ2) is 11.8. The summed E-state index contributed by atoms with van der Waals surface area (Å²) in [5.74, 6) is -0.835. The highest BCUT2D eigenvalue weighted by Crippen LogP contribution is 2.39. The van der Waals surface area contributed by atoms with Crippen molar-refractivity contribution in [2.24, 2.45) is 0 Å². The van der Waals surface area contributed by atoms with E-state index in [2.05, 4.69) is 10.2 Å².